The van der Waals surface area contributed by atoms with Crippen molar-refractivity contribution in [2.75, 3.05) is 12.4 Å². The predicted molar refractivity (Wildman–Crippen MR) is 122 cm³/mol. The Labute approximate surface area is 181 Å². The van der Waals surface area contributed by atoms with Crippen LogP contribution in [0.1, 0.15) is 89.2 Å². The van der Waals surface area contributed by atoms with Crippen molar-refractivity contribution >= 4 is 17.3 Å². The van der Waals surface area contributed by atoms with Gasteiger partial charge in [-0.05, 0) is 86.7 Å². The summed E-state index contributed by atoms with van der Waals surface area (Å²) < 4.78 is 0. The number of hydrogen-bond acceptors (Lipinski definition) is 3. The second kappa shape index (κ2) is 6.83. The molecule has 4 heteroatoms. The molecule has 2 heterocycles. The summed E-state index contributed by atoms with van der Waals surface area (Å²) in [6.45, 7) is 6.87. The van der Waals surface area contributed by atoms with Gasteiger partial charge >= 0.3 is 0 Å². The van der Waals surface area contributed by atoms with Crippen LogP contribution < -0.4 is 5.32 Å². The van der Waals surface area contributed by atoms with Crippen molar-refractivity contribution in [3.63, 3.8) is 0 Å². The van der Waals surface area contributed by atoms with E-state index in [0.29, 0.717) is 34.5 Å². The van der Waals surface area contributed by atoms with E-state index < -0.39 is 5.92 Å². The lowest BCUT2D eigenvalue weighted by Crippen LogP contribution is -2.58. The molecule has 3 saturated carbocycles. The number of fused-ring (bicyclic) bond motifs is 1. The van der Waals surface area contributed by atoms with Crippen LogP contribution in [0.3, 0.4) is 0 Å². The first-order chi connectivity index (χ1) is 14.2. The molecule has 6 rings (SSSR count). The van der Waals surface area contributed by atoms with Gasteiger partial charge in [-0.3, -0.25) is 4.79 Å². The summed E-state index contributed by atoms with van der Waals surface area (Å²) in [6, 6.07) is 7.01. The molecule has 2 N–H and O–H groups in total. The maximum Gasteiger partial charge on any atom is 0.231 e. The van der Waals surface area contributed by atoms with Gasteiger partial charge in [0.05, 0.1) is 11.6 Å². The quantitative estimate of drug-likeness (QED) is 0.627. The zero-order valence-electron chi connectivity index (χ0n) is 19.1. The Morgan fingerprint density at radius 2 is 1.83 bits per heavy atom. The molecule has 2 saturated heterocycles. The molecule has 1 aromatic rings. The maximum atomic E-state index is 13.9. The molecule has 5 atom stereocenters. The average Bonchev–Trinajstić information content (AvgIpc) is 3.54. The van der Waals surface area contributed by atoms with Crippen LogP contribution in [0.25, 0.3) is 0 Å². The van der Waals surface area contributed by atoms with E-state index in [4.69, 9.17) is 5.41 Å². The van der Waals surface area contributed by atoms with Crippen LogP contribution in [0.4, 0.5) is 5.69 Å². The first-order valence-electron chi connectivity index (χ1n) is 12.0. The summed E-state index contributed by atoms with van der Waals surface area (Å²) in [5.41, 5.74) is 4.49. The van der Waals surface area contributed by atoms with Gasteiger partial charge < -0.3 is 15.6 Å². The molecule has 0 spiro atoms. The summed E-state index contributed by atoms with van der Waals surface area (Å²) in [6.07, 6.45) is 9.53. The van der Waals surface area contributed by atoms with Crippen LogP contribution in [0.5, 0.6) is 0 Å². The van der Waals surface area contributed by atoms with Crippen LogP contribution in [0.15, 0.2) is 18.2 Å². The number of amides is 1. The smallest absolute Gasteiger partial charge is 0.231 e. The van der Waals surface area contributed by atoms with Crippen molar-refractivity contribution in [1.29, 1.82) is 5.41 Å². The highest BCUT2D eigenvalue weighted by Gasteiger charge is 2.55. The van der Waals surface area contributed by atoms with Crippen molar-refractivity contribution < 1.29 is 4.79 Å². The Morgan fingerprint density at radius 1 is 1.13 bits per heavy atom. The van der Waals surface area contributed by atoms with E-state index in [1.807, 2.05) is 20.0 Å². The number of rotatable bonds is 5. The highest BCUT2D eigenvalue weighted by molar-refractivity contribution is 6.14. The SMILES string of the molecule is CNc1cccc(C2CC2)c1C(=N)C(C)C(=O)N1C2CCC3(C)CC1CC(C)(C2)C3. The fourth-order valence-corrected chi connectivity index (χ4v) is 7.39. The van der Waals surface area contributed by atoms with E-state index in [1.54, 1.807) is 0 Å². The zero-order chi connectivity index (χ0) is 21.3. The normalized spacial score (nSPS) is 35.8. The molecule has 30 heavy (non-hydrogen) atoms. The van der Waals surface area contributed by atoms with Gasteiger partial charge in [0.25, 0.3) is 0 Å². The second-order valence-electron chi connectivity index (χ2n) is 11.4. The number of nitrogens with zero attached hydrogens (tertiary/aromatic N) is 1. The molecule has 5 unspecified atom stereocenters. The minimum absolute atomic E-state index is 0.191. The molecule has 4 bridgehead atoms. The van der Waals surface area contributed by atoms with E-state index >= 15 is 0 Å². The van der Waals surface area contributed by atoms with Gasteiger partial charge in [-0.25, -0.2) is 0 Å². The molecule has 1 aromatic carbocycles. The van der Waals surface area contributed by atoms with Crippen LogP contribution in [-0.4, -0.2) is 35.7 Å². The van der Waals surface area contributed by atoms with Gasteiger partial charge in [-0.15, -0.1) is 0 Å². The number of piperidine rings is 1. The number of anilines is 1. The predicted octanol–water partition coefficient (Wildman–Crippen LogP) is 5.57. The highest BCUT2D eigenvalue weighted by Crippen LogP contribution is 2.59. The molecule has 5 fully saturated rings. The maximum absolute atomic E-state index is 13.9. The number of carbonyl (C=O) groups excluding carboxylic acids is 1. The Balaban J connectivity index is 1.45. The van der Waals surface area contributed by atoms with Crippen molar-refractivity contribution in [3.8, 4) is 0 Å². The summed E-state index contributed by atoms with van der Waals surface area (Å²) in [5.74, 6) is 0.353. The topological polar surface area (TPSA) is 56.2 Å². The monoisotopic (exact) mass is 407 g/mol. The molecular weight excluding hydrogens is 370 g/mol. The van der Waals surface area contributed by atoms with E-state index in [-0.39, 0.29) is 5.91 Å². The van der Waals surface area contributed by atoms with E-state index in [0.717, 1.165) is 36.9 Å². The molecular formula is C26H37N3O. The summed E-state index contributed by atoms with van der Waals surface area (Å²) in [5, 5.41) is 12.4. The first kappa shape index (κ1) is 20.1. The lowest BCUT2D eigenvalue weighted by molar-refractivity contribution is -0.146. The summed E-state index contributed by atoms with van der Waals surface area (Å²) in [7, 11) is 1.92. The Morgan fingerprint density at radius 3 is 2.53 bits per heavy atom. The largest absolute Gasteiger partial charge is 0.388 e. The zero-order valence-corrected chi connectivity index (χ0v) is 19.1. The van der Waals surface area contributed by atoms with Gasteiger partial charge in [-0.1, -0.05) is 26.0 Å². The third kappa shape index (κ3) is 3.18. The average molecular weight is 408 g/mol. The molecule has 0 aromatic heterocycles. The standard InChI is InChI=1S/C26H37N3O/c1-16(23(27)22-20(17-8-9-17)6-5-7-21(22)28-4)24(30)29-18-10-11-25(2)13-19(29)14-26(3,12-18)15-25/h5-7,16-19,27-28H,8-15H2,1-4H3. The first-order valence-corrected chi connectivity index (χ1v) is 12.0. The van der Waals surface area contributed by atoms with Crippen LogP contribution >= 0.6 is 0 Å². The molecule has 4 nitrogen and oxygen atoms in total. The summed E-state index contributed by atoms with van der Waals surface area (Å²) >= 11 is 0. The third-order valence-electron chi connectivity index (χ3n) is 8.62. The molecule has 162 valence electrons. The summed E-state index contributed by atoms with van der Waals surface area (Å²) in [4.78, 5) is 16.1. The fourth-order valence-electron chi connectivity index (χ4n) is 7.39. The number of nitrogens with one attached hydrogen (secondary N) is 2. The molecule has 5 aliphatic rings. The van der Waals surface area contributed by atoms with E-state index in [9.17, 15) is 4.79 Å². The fraction of sp³-hybridized carbons (Fsp3) is 0.692. The van der Waals surface area contributed by atoms with Crippen LogP contribution in [0.2, 0.25) is 0 Å². The Bertz CT molecular complexity index is 884. The Hall–Kier alpha value is -1.84. The van der Waals surface area contributed by atoms with Crippen molar-refractivity contribution in [3.05, 3.63) is 29.3 Å². The van der Waals surface area contributed by atoms with Gasteiger partial charge in [0.15, 0.2) is 0 Å². The van der Waals surface area contributed by atoms with Crippen LogP contribution in [0, 0.1) is 22.2 Å². The Kier molecular flexibility index (Phi) is 4.57. The van der Waals surface area contributed by atoms with Gasteiger partial charge in [0.1, 0.15) is 0 Å². The van der Waals surface area contributed by atoms with Gasteiger partial charge in [0.2, 0.25) is 5.91 Å². The number of hydrogen-bond donors (Lipinski definition) is 2. The van der Waals surface area contributed by atoms with Crippen molar-refractivity contribution in [2.24, 2.45) is 16.7 Å². The second-order valence-corrected chi connectivity index (χ2v) is 11.4. The minimum Gasteiger partial charge on any atom is -0.388 e. The van der Waals surface area contributed by atoms with E-state index in [2.05, 4.69) is 36.2 Å². The third-order valence-corrected chi connectivity index (χ3v) is 8.62. The van der Waals surface area contributed by atoms with Gasteiger partial charge in [0, 0.05) is 30.4 Å². The van der Waals surface area contributed by atoms with Crippen molar-refractivity contribution in [1.82, 2.24) is 4.90 Å². The minimum atomic E-state index is -0.393. The molecule has 2 aliphatic heterocycles. The van der Waals surface area contributed by atoms with Crippen LogP contribution in [-0.2, 0) is 4.79 Å². The molecule has 3 aliphatic carbocycles. The van der Waals surface area contributed by atoms with Gasteiger partial charge in [-0.2, -0.15) is 0 Å². The van der Waals surface area contributed by atoms with Crippen molar-refractivity contribution in [2.45, 2.75) is 90.1 Å². The lowest BCUT2D eigenvalue weighted by Gasteiger charge is -2.55. The number of carbonyl (C=O) groups is 1. The lowest BCUT2D eigenvalue weighted by atomic mass is 9.59. The highest BCUT2D eigenvalue weighted by atomic mass is 16.2. The molecule has 0 radical (unpaired) electrons. The molecule has 1 amide bonds. The number of benzene rings is 1. The van der Waals surface area contributed by atoms with E-state index in [1.165, 1.54) is 31.2 Å².